The predicted molar refractivity (Wildman–Crippen MR) is 97.6 cm³/mol. The van der Waals surface area contributed by atoms with Gasteiger partial charge in [0.1, 0.15) is 0 Å². The summed E-state index contributed by atoms with van der Waals surface area (Å²) in [6, 6.07) is 16.6. The minimum absolute atomic E-state index is 0.0242. The zero-order valence-corrected chi connectivity index (χ0v) is 14.6. The zero-order valence-electron chi connectivity index (χ0n) is 14.6. The fourth-order valence-electron chi connectivity index (χ4n) is 2.86. The van der Waals surface area contributed by atoms with E-state index in [1.165, 1.54) is 5.56 Å². The van der Waals surface area contributed by atoms with E-state index >= 15 is 0 Å². The van der Waals surface area contributed by atoms with Gasteiger partial charge in [0.15, 0.2) is 0 Å². The van der Waals surface area contributed by atoms with Gasteiger partial charge >= 0.3 is 6.03 Å². The molecule has 0 aromatic heterocycles. The second-order valence-electron chi connectivity index (χ2n) is 6.36. The summed E-state index contributed by atoms with van der Waals surface area (Å²) < 4.78 is 0. The minimum Gasteiger partial charge on any atom is -0.351 e. The molecule has 0 unspecified atom stereocenters. The molecule has 0 bridgehead atoms. The van der Waals surface area contributed by atoms with Gasteiger partial charge in [-0.25, -0.2) is 4.79 Å². The summed E-state index contributed by atoms with van der Waals surface area (Å²) in [5.41, 5.74) is 2.41. The van der Waals surface area contributed by atoms with E-state index in [9.17, 15) is 14.4 Å². The maximum Gasteiger partial charge on any atom is 0.324 e. The monoisotopic (exact) mass is 351 g/mol. The van der Waals surface area contributed by atoms with Gasteiger partial charge in [0.05, 0.1) is 13.1 Å². The van der Waals surface area contributed by atoms with Gasteiger partial charge in [0.2, 0.25) is 5.91 Å². The third-order valence-corrected chi connectivity index (χ3v) is 4.40. The quantitative estimate of drug-likeness (QED) is 0.784. The Morgan fingerprint density at radius 1 is 1.15 bits per heavy atom. The summed E-state index contributed by atoms with van der Waals surface area (Å²) in [4.78, 5) is 36.9. The summed E-state index contributed by atoms with van der Waals surface area (Å²) in [6.45, 7) is 2.77. The van der Waals surface area contributed by atoms with Crippen LogP contribution in [0.3, 0.4) is 0 Å². The molecule has 1 aliphatic heterocycles. The third kappa shape index (κ3) is 4.08. The zero-order chi connectivity index (χ0) is 18.5. The number of amides is 4. The van der Waals surface area contributed by atoms with Gasteiger partial charge in [-0.2, -0.15) is 0 Å². The molecule has 26 heavy (non-hydrogen) atoms. The number of imide groups is 1. The molecule has 6 heteroatoms. The number of carbonyl (C=O) groups is 3. The van der Waals surface area contributed by atoms with E-state index in [-0.39, 0.29) is 30.8 Å². The van der Waals surface area contributed by atoms with Gasteiger partial charge in [-0.3, -0.25) is 14.5 Å². The van der Waals surface area contributed by atoms with Crippen LogP contribution in [0.1, 0.15) is 34.3 Å². The van der Waals surface area contributed by atoms with Crippen LogP contribution in [-0.2, 0) is 11.3 Å². The number of nitrogens with one attached hydrogen (secondary N) is 2. The summed E-state index contributed by atoms with van der Waals surface area (Å²) in [5.74, 6) is -0.234. The molecule has 2 aromatic carbocycles. The van der Waals surface area contributed by atoms with Gasteiger partial charge < -0.3 is 10.6 Å². The van der Waals surface area contributed by atoms with Gasteiger partial charge in [-0.1, -0.05) is 49.4 Å². The lowest BCUT2D eigenvalue weighted by atomic mass is 10.0. The van der Waals surface area contributed by atoms with Crippen molar-refractivity contribution in [1.29, 1.82) is 0 Å². The first-order valence-electron chi connectivity index (χ1n) is 8.55. The molecule has 4 amide bonds. The predicted octanol–water partition coefficient (Wildman–Crippen LogP) is 2.27. The molecule has 0 spiro atoms. The SMILES string of the molecule is C[C@@H](CNC(=O)c1cccc(CN2C(=O)CNC2=O)c1)c1ccccc1. The third-order valence-electron chi connectivity index (χ3n) is 4.40. The molecule has 1 heterocycles. The Balaban J connectivity index is 1.61. The Bertz CT molecular complexity index is 804. The molecule has 6 nitrogen and oxygen atoms in total. The molecule has 2 N–H and O–H groups in total. The molecule has 1 fully saturated rings. The molecule has 134 valence electrons. The van der Waals surface area contributed by atoms with E-state index in [4.69, 9.17) is 0 Å². The molecule has 1 saturated heterocycles. The molecule has 0 radical (unpaired) electrons. The first kappa shape index (κ1) is 17.7. The highest BCUT2D eigenvalue weighted by atomic mass is 16.2. The maximum absolute atomic E-state index is 12.4. The molecule has 1 atom stereocenters. The topological polar surface area (TPSA) is 78.5 Å². The Hall–Kier alpha value is -3.15. The summed E-state index contributed by atoms with van der Waals surface area (Å²) in [6.07, 6.45) is 0. The van der Waals surface area contributed by atoms with Crippen molar-refractivity contribution in [3.05, 3.63) is 71.3 Å². The smallest absolute Gasteiger partial charge is 0.324 e. The van der Waals surface area contributed by atoms with Crippen LogP contribution < -0.4 is 10.6 Å². The van der Waals surface area contributed by atoms with E-state index in [2.05, 4.69) is 17.6 Å². The lowest BCUT2D eigenvalue weighted by molar-refractivity contribution is -0.125. The van der Waals surface area contributed by atoms with Crippen LogP contribution in [-0.4, -0.2) is 35.8 Å². The Labute approximate surface area is 152 Å². The molecule has 0 aliphatic carbocycles. The summed E-state index contributed by atoms with van der Waals surface area (Å²) in [5, 5.41) is 5.42. The largest absolute Gasteiger partial charge is 0.351 e. The van der Waals surface area contributed by atoms with Crippen LogP contribution in [0.4, 0.5) is 4.79 Å². The number of hydrogen-bond donors (Lipinski definition) is 2. The van der Waals surface area contributed by atoms with E-state index in [0.29, 0.717) is 12.1 Å². The average molecular weight is 351 g/mol. The van der Waals surface area contributed by atoms with E-state index in [1.807, 2.05) is 30.3 Å². The van der Waals surface area contributed by atoms with Gasteiger partial charge in [-0.15, -0.1) is 0 Å². The number of rotatable bonds is 6. The first-order valence-corrected chi connectivity index (χ1v) is 8.55. The van der Waals surface area contributed by atoms with Crippen molar-refractivity contribution in [1.82, 2.24) is 15.5 Å². The van der Waals surface area contributed by atoms with Gasteiger partial charge in [-0.05, 0) is 29.2 Å². The number of benzene rings is 2. The molecule has 2 aromatic rings. The Morgan fingerprint density at radius 2 is 1.92 bits per heavy atom. The van der Waals surface area contributed by atoms with E-state index < -0.39 is 6.03 Å². The van der Waals surface area contributed by atoms with Crippen molar-refractivity contribution in [3.8, 4) is 0 Å². The number of carbonyl (C=O) groups excluding carboxylic acids is 3. The van der Waals surface area contributed by atoms with Gasteiger partial charge in [0, 0.05) is 12.1 Å². The number of hydrogen-bond acceptors (Lipinski definition) is 3. The van der Waals surface area contributed by atoms with E-state index in [1.54, 1.807) is 24.3 Å². The molecular weight excluding hydrogens is 330 g/mol. The number of nitrogens with zero attached hydrogens (tertiary/aromatic N) is 1. The molecule has 3 rings (SSSR count). The van der Waals surface area contributed by atoms with Gasteiger partial charge in [0.25, 0.3) is 5.91 Å². The highest BCUT2D eigenvalue weighted by molar-refractivity contribution is 6.02. The van der Waals surface area contributed by atoms with Crippen molar-refractivity contribution >= 4 is 17.8 Å². The van der Waals surface area contributed by atoms with E-state index in [0.717, 1.165) is 10.5 Å². The molecular formula is C20H21N3O3. The van der Waals surface area contributed by atoms with Crippen molar-refractivity contribution in [2.45, 2.75) is 19.4 Å². The van der Waals surface area contributed by atoms with Crippen molar-refractivity contribution in [2.75, 3.05) is 13.1 Å². The standard InChI is InChI=1S/C20H21N3O3/c1-14(16-7-3-2-4-8-16)11-21-19(25)17-9-5-6-15(10-17)13-23-18(24)12-22-20(23)26/h2-10,14H,11-13H2,1H3,(H,21,25)(H,22,26)/t14-/m0/s1. The normalized spacial score (nSPS) is 14.9. The Morgan fingerprint density at radius 3 is 2.62 bits per heavy atom. The average Bonchev–Trinajstić information content (AvgIpc) is 2.98. The first-order chi connectivity index (χ1) is 12.5. The second-order valence-corrected chi connectivity index (χ2v) is 6.36. The second kappa shape index (κ2) is 7.82. The van der Waals surface area contributed by atoms with Crippen molar-refractivity contribution < 1.29 is 14.4 Å². The number of urea groups is 1. The van der Waals surface area contributed by atoms with Crippen LogP contribution in [0.25, 0.3) is 0 Å². The lowest BCUT2D eigenvalue weighted by Gasteiger charge is -2.15. The lowest BCUT2D eigenvalue weighted by Crippen LogP contribution is -2.30. The van der Waals surface area contributed by atoms with Crippen molar-refractivity contribution in [2.24, 2.45) is 0 Å². The van der Waals surface area contributed by atoms with Crippen LogP contribution in [0, 0.1) is 0 Å². The summed E-state index contributed by atoms with van der Waals surface area (Å²) >= 11 is 0. The fraction of sp³-hybridized carbons (Fsp3) is 0.250. The van der Waals surface area contributed by atoms with Crippen LogP contribution in [0.2, 0.25) is 0 Å². The highest BCUT2D eigenvalue weighted by Crippen LogP contribution is 2.14. The van der Waals surface area contributed by atoms with Crippen LogP contribution in [0.15, 0.2) is 54.6 Å². The highest BCUT2D eigenvalue weighted by Gasteiger charge is 2.28. The van der Waals surface area contributed by atoms with Crippen LogP contribution >= 0.6 is 0 Å². The van der Waals surface area contributed by atoms with Crippen LogP contribution in [0.5, 0.6) is 0 Å². The minimum atomic E-state index is -0.401. The van der Waals surface area contributed by atoms with Crippen molar-refractivity contribution in [3.63, 3.8) is 0 Å². The maximum atomic E-state index is 12.4. The molecule has 0 saturated carbocycles. The Kier molecular flexibility index (Phi) is 5.31. The fourth-order valence-corrected chi connectivity index (χ4v) is 2.86. The summed E-state index contributed by atoms with van der Waals surface area (Å²) in [7, 11) is 0. The molecule has 1 aliphatic rings.